The maximum atomic E-state index is 10.4. The molecule has 0 saturated heterocycles. The number of amides is 3. The highest BCUT2D eigenvalue weighted by Gasteiger charge is 1.92. The average Bonchev–Trinajstić information content (AvgIpc) is 3.05. The molecule has 11 heteroatoms. The third-order valence-corrected chi connectivity index (χ3v) is 4.49. The number of nitrogens with one attached hydrogen (secondary N) is 3. The van der Waals surface area contributed by atoms with E-state index in [9.17, 15) is 28.8 Å². The van der Waals surface area contributed by atoms with E-state index < -0.39 is 0 Å². The first kappa shape index (κ1) is 68.3. The Labute approximate surface area is 304 Å². The van der Waals surface area contributed by atoms with E-state index in [1.165, 1.54) is 20.8 Å². The lowest BCUT2D eigenvalue weighted by Crippen LogP contribution is -2.24. The van der Waals surface area contributed by atoms with Crippen molar-refractivity contribution in [2.75, 3.05) is 46.6 Å². The molecule has 11 nitrogen and oxygen atoms in total. The normalized spacial score (nSPS) is 8.08. The number of rotatable bonds is 17. The molecule has 0 fully saturated rings. The standard InChI is InChI=1S/C8H16O2.C7H15NO2.C6H12O.C5H11NO.C4H8O.C3H7NO.2C2H6.CH4/c1-3-6-10-7-4-5-8(2)9;1-3-5-10-6-4-8-7(2)9;1-3-4-5-6(2)7;1-3-4-6-5(2)7;1-3-4(2)5;1-3(5)4-2;2*1-2;/h3-7H2,1-2H3;3-6H2,1-2H3,(H,8,9);3-5H2,1-2H3;3-4H2,1-2H3,(H,6,7);3H2,1-2H3;1-2H3,(H,4,5);2*1-2H3;1H4. The number of hydrogen-bond acceptors (Lipinski definition) is 8. The highest BCUT2D eigenvalue weighted by atomic mass is 16.5. The second kappa shape index (κ2) is 71.4. The van der Waals surface area contributed by atoms with Crippen molar-refractivity contribution >= 4 is 35.1 Å². The number of unbranched alkanes of at least 4 members (excludes halogenated alkanes) is 1. The molecule has 0 saturated carbocycles. The molecule has 0 aliphatic rings. The lowest BCUT2D eigenvalue weighted by Gasteiger charge is -2.01. The van der Waals surface area contributed by atoms with Gasteiger partial charge in [0, 0.05) is 80.0 Å². The fourth-order valence-corrected chi connectivity index (χ4v) is 1.94. The molecule has 3 N–H and O–H groups in total. The second-order valence-corrected chi connectivity index (χ2v) is 9.66. The van der Waals surface area contributed by atoms with E-state index in [0.717, 1.165) is 71.3 Å². The average molecular weight is 712 g/mol. The first-order valence-corrected chi connectivity index (χ1v) is 17.9. The van der Waals surface area contributed by atoms with Crippen molar-refractivity contribution in [3.05, 3.63) is 0 Å². The number of ether oxygens (including phenoxy) is 2. The van der Waals surface area contributed by atoms with Gasteiger partial charge in [0.15, 0.2) is 0 Å². The fourth-order valence-electron chi connectivity index (χ4n) is 1.94. The third kappa shape index (κ3) is 156. The summed E-state index contributed by atoms with van der Waals surface area (Å²) in [6.07, 6.45) is 8.23. The zero-order chi connectivity index (χ0) is 39.6. The van der Waals surface area contributed by atoms with Crippen molar-refractivity contribution in [3.8, 4) is 0 Å². The first-order chi connectivity index (χ1) is 22.6. The van der Waals surface area contributed by atoms with Crippen LogP contribution >= 0.6 is 0 Å². The number of hydrogen-bond donors (Lipinski definition) is 3. The number of Topliss-reactive ketones (excluding diaryl/α,β-unsaturated/α-hetero) is 3. The Morgan fingerprint density at radius 3 is 1.04 bits per heavy atom. The van der Waals surface area contributed by atoms with Crippen LogP contribution in [-0.4, -0.2) is 81.6 Å². The van der Waals surface area contributed by atoms with Gasteiger partial charge < -0.3 is 39.8 Å². The summed E-state index contributed by atoms with van der Waals surface area (Å²) in [5, 5.41) is 7.69. The van der Waals surface area contributed by atoms with Gasteiger partial charge in [-0.05, 0) is 52.9 Å². The molecular formula is C38H85N3O8. The van der Waals surface area contributed by atoms with E-state index >= 15 is 0 Å². The molecule has 0 aliphatic heterocycles. The van der Waals surface area contributed by atoms with Gasteiger partial charge in [0.05, 0.1) is 6.61 Å². The molecular weight excluding hydrogens is 626 g/mol. The van der Waals surface area contributed by atoms with Crippen molar-refractivity contribution in [2.24, 2.45) is 0 Å². The number of carbonyl (C=O) groups is 6. The molecule has 0 spiro atoms. The molecule has 0 aromatic carbocycles. The molecule has 0 radical (unpaired) electrons. The van der Waals surface area contributed by atoms with Crippen LogP contribution in [0.2, 0.25) is 0 Å². The predicted octanol–water partition coefficient (Wildman–Crippen LogP) is 8.06. The minimum absolute atomic E-state index is 0. The molecule has 0 heterocycles. The van der Waals surface area contributed by atoms with Gasteiger partial charge >= 0.3 is 0 Å². The molecule has 3 amide bonds. The zero-order valence-corrected chi connectivity index (χ0v) is 34.4. The van der Waals surface area contributed by atoms with Gasteiger partial charge in [-0.1, -0.05) is 76.2 Å². The Bertz CT molecular complexity index is 617. The molecule has 49 heavy (non-hydrogen) atoms. The summed E-state index contributed by atoms with van der Waals surface area (Å²) in [7, 11) is 1.60. The second-order valence-electron chi connectivity index (χ2n) is 9.66. The van der Waals surface area contributed by atoms with E-state index in [-0.39, 0.29) is 36.7 Å². The fraction of sp³-hybridized carbons (Fsp3) is 0.842. The number of carbonyl (C=O) groups excluding carboxylic acids is 6. The van der Waals surface area contributed by atoms with Crippen LogP contribution in [0.5, 0.6) is 0 Å². The minimum atomic E-state index is 0. The lowest BCUT2D eigenvalue weighted by atomic mass is 10.2. The van der Waals surface area contributed by atoms with E-state index in [1.54, 1.807) is 27.8 Å². The van der Waals surface area contributed by atoms with E-state index in [4.69, 9.17) is 9.47 Å². The van der Waals surface area contributed by atoms with Crippen molar-refractivity contribution in [1.29, 1.82) is 0 Å². The van der Waals surface area contributed by atoms with Crippen molar-refractivity contribution in [3.63, 3.8) is 0 Å². The molecule has 0 aromatic heterocycles. The van der Waals surface area contributed by atoms with Gasteiger partial charge in [0.2, 0.25) is 17.7 Å². The molecule has 0 atom stereocenters. The highest BCUT2D eigenvalue weighted by Crippen LogP contribution is 1.93. The Hall–Kier alpha value is -2.66. The van der Waals surface area contributed by atoms with E-state index in [1.807, 2.05) is 41.5 Å². The van der Waals surface area contributed by atoms with Gasteiger partial charge in [-0.25, -0.2) is 0 Å². The molecule has 300 valence electrons. The molecule has 0 bridgehead atoms. The molecule has 0 rings (SSSR count). The predicted molar refractivity (Wildman–Crippen MR) is 210 cm³/mol. The lowest BCUT2D eigenvalue weighted by molar-refractivity contribution is -0.119. The van der Waals surface area contributed by atoms with Gasteiger partial charge in [0.25, 0.3) is 0 Å². The molecule has 0 unspecified atom stereocenters. The Morgan fingerprint density at radius 2 is 0.816 bits per heavy atom. The summed E-state index contributed by atoms with van der Waals surface area (Å²) in [6.45, 7) is 31.8. The van der Waals surface area contributed by atoms with Crippen LogP contribution in [0.4, 0.5) is 0 Å². The largest absolute Gasteiger partial charge is 0.381 e. The maximum Gasteiger partial charge on any atom is 0.216 e. The smallest absolute Gasteiger partial charge is 0.216 e. The van der Waals surface area contributed by atoms with Crippen molar-refractivity contribution < 1.29 is 38.2 Å². The van der Waals surface area contributed by atoms with Crippen LogP contribution in [0.25, 0.3) is 0 Å². The van der Waals surface area contributed by atoms with Gasteiger partial charge in [-0.15, -0.1) is 0 Å². The maximum absolute atomic E-state index is 10.4. The zero-order valence-electron chi connectivity index (χ0n) is 34.4. The number of ketones is 3. The SMILES string of the molecule is C.CC.CC.CCC(C)=O.CCCCC(C)=O.CCCNC(C)=O.CCCOCCCC(C)=O.CCCOCCNC(C)=O.CNC(C)=O. The van der Waals surface area contributed by atoms with Crippen LogP contribution in [0.3, 0.4) is 0 Å². The quantitative estimate of drug-likeness (QED) is 0.128. The van der Waals surface area contributed by atoms with E-state index in [0.29, 0.717) is 31.8 Å². The summed E-state index contributed by atoms with van der Waals surface area (Å²) >= 11 is 0. The van der Waals surface area contributed by atoms with Crippen LogP contribution in [0, 0.1) is 0 Å². The van der Waals surface area contributed by atoms with Crippen molar-refractivity contribution in [1.82, 2.24) is 16.0 Å². The first-order valence-electron chi connectivity index (χ1n) is 17.9. The van der Waals surface area contributed by atoms with Crippen LogP contribution < -0.4 is 16.0 Å². The summed E-state index contributed by atoms with van der Waals surface area (Å²) in [6, 6.07) is 0. The highest BCUT2D eigenvalue weighted by molar-refractivity contribution is 5.76. The summed E-state index contributed by atoms with van der Waals surface area (Å²) in [4.78, 5) is 60.5. The van der Waals surface area contributed by atoms with Gasteiger partial charge in [-0.3, -0.25) is 14.4 Å². The Morgan fingerprint density at radius 1 is 0.469 bits per heavy atom. The minimum Gasteiger partial charge on any atom is -0.381 e. The van der Waals surface area contributed by atoms with E-state index in [2.05, 4.69) is 36.7 Å². The van der Waals surface area contributed by atoms with Crippen molar-refractivity contribution in [2.45, 2.75) is 169 Å². The van der Waals surface area contributed by atoms with Gasteiger partial charge in [0.1, 0.15) is 17.3 Å². The molecule has 0 aromatic rings. The Balaban J connectivity index is -0.0000000555. The topological polar surface area (TPSA) is 157 Å². The summed E-state index contributed by atoms with van der Waals surface area (Å²) in [5.74, 6) is 0.874. The Kier molecular flexibility index (Phi) is 99.5. The summed E-state index contributed by atoms with van der Waals surface area (Å²) < 4.78 is 10.3. The van der Waals surface area contributed by atoms with Crippen LogP contribution in [0.1, 0.15) is 169 Å². The monoisotopic (exact) mass is 712 g/mol. The molecule has 0 aliphatic carbocycles. The van der Waals surface area contributed by atoms with Crippen LogP contribution in [0.15, 0.2) is 0 Å². The third-order valence-electron chi connectivity index (χ3n) is 4.49. The van der Waals surface area contributed by atoms with Crippen LogP contribution in [-0.2, 0) is 38.2 Å². The summed E-state index contributed by atoms with van der Waals surface area (Å²) in [5.41, 5.74) is 0. The van der Waals surface area contributed by atoms with Gasteiger partial charge in [-0.2, -0.15) is 0 Å².